The van der Waals surface area contributed by atoms with Crippen molar-refractivity contribution < 1.29 is 9.59 Å². The number of thiazole rings is 1. The lowest BCUT2D eigenvalue weighted by molar-refractivity contribution is -0.128. The van der Waals surface area contributed by atoms with Gasteiger partial charge >= 0.3 is 0 Å². The number of carbonyl (C=O) groups is 2. The molecule has 2 fully saturated rings. The molecule has 2 amide bonds. The molecule has 0 unspecified atom stereocenters. The van der Waals surface area contributed by atoms with Gasteiger partial charge in [0.05, 0.1) is 11.1 Å². The number of rotatable bonds is 4. The van der Waals surface area contributed by atoms with E-state index >= 15 is 0 Å². The third kappa shape index (κ3) is 2.67. The Morgan fingerprint density at radius 1 is 1.62 bits per heavy atom. The van der Waals surface area contributed by atoms with Crippen LogP contribution in [0.15, 0.2) is 5.38 Å². The summed E-state index contributed by atoms with van der Waals surface area (Å²) >= 11 is 1.43. The van der Waals surface area contributed by atoms with Gasteiger partial charge in [0.1, 0.15) is 0 Å². The van der Waals surface area contributed by atoms with Crippen molar-refractivity contribution in [3.8, 4) is 0 Å². The second-order valence-electron chi connectivity index (χ2n) is 6.10. The van der Waals surface area contributed by atoms with E-state index in [-0.39, 0.29) is 17.2 Å². The summed E-state index contributed by atoms with van der Waals surface area (Å²) in [6.45, 7) is 3.83. The van der Waals surface area contributed by atoms with Crippen molar-refractivity contribution in [1.82, 2.24) is 9.88 Å². The van der Waals surface area contributed by atoms with Gasteiger partial charge in [0.15, 0.2) is 5.13 Å². The summed E-state index contributed by atoms with van der Waals surface area (Å²) in [4.78, 5) is 29.5. The highest BCUT2D eigenvalue weighted by Gasteiger charge is 2.53. The van der Waals surface area contributed by atoms with Crippen LogP contribution in [0.4, 0.5) is 5.13 Å². The van der Waals surface area contributed by atoms with Crippen LogP contribution in [0, 0.1) is 11.3 Å². The lowest BCUT2D eigenvalue weighted by Crippen LogP contribution is -2.40. The number of amides is 2. The minimum absolute atomic E-state index is 0.112. The number of nitrogens with one attached hydrogen (secondary N) is 1. The largest absolute Gasteiger partial charge is 0.369 e. The molecule has 1 saturated carbocycles. The monoisotopic (exact) mass is 308 g/mol. The Hall–Kier alpha value is -1.47. The lowest BCUT2D eigenvalue weighted by Gasteiger charge is -2.24. The Bertz CT molecular complexity index is 573. The van der Waals surface area contributed by atoms with Crippen LogP contribution in [-0.2, 0) is 16.1 Å². The molecular weight excluding hydrogens is 288 g/mol. The Morgan fingerprint density at radius 2 is 2.43 bits per heavy atom. The Labute approximate surface area is 127 Å². The van der Waals surface area contributed by atoms with E-state index in [0.717, 1.165) is 38.0 Å². The molecule has 0 aromatic carbocycles. The van der Waals surface area contributed by atoms with Crippen LogP contribution >= 0.6 is 11.3 Å². The molecule has 1 aliphatic carbocycles. The number of primary amides is 1. The highest BCUT2D eigenvalue weighted by atomic mass is 32.1. The summed E-state index contributed by atoms with van der Waals surface area (Å²) in [7, 11) is 0. The topological polar surface area (TPSA) is 88.3 Å². The fraction of sp³-hybridized carbons (Fsp3) is 0.643. The zero-order valence-electron chi connectivity index (χ0n) is 12.1. The van der Waals surface area contributed by atoms with Crippen molar-refractivity contribution in [3.63, 3.8) is 0 Å². The van der Waals surface area contributed by atoms with Gasteiger partial charge in [-0.15, -0.1) is 11.3 Å². The fourth-order valence-corrected chi connectivity index (χ4v) is 4.48. The number of carbonyl (C=O) groups excluding carboxylic acids is 2. The van der Waals surface area contributed by atoms with Gasteiger partial charge in [-0.05, 0) is 18.8 Å². The SMILES string of the molecule is CC(=O)Nc1nc(CN2C[C@@H]3CCC[C@]3(C(N)=O)C2)cs1. The highest BCUT2D eigenvalue weighted by Crippen LogP contribution is 2.48. The smallest absolute Gasteiger partial charge is 0.225 e. The van der Waals surface area contributed by atoms with Crippen LogP contribution in [0.2, 0.25) is 0 Å². The van der Waals surface area contributed by atoms with E-state index in [1.165, 1.54) is 18.3 Å². The third-order valence-electron chi connectivity index (χ3n) is 4.65. The van der Waals surface area contributed by atoms with Crippen molar-refractivity contribution in [1.29, 1.82) is 0 Å². The van der Waals surface area contributed by atoms with E-state index in [9.17, 15) is 9.59 Å². The molecule has 6 nitrogen and oxygen atoms in total. The first-order chi connectivity index (χ1) is 9.99. The first kappa shape index (κ1) is 14.5. The predicted molar refractivity (Wildman–Crippen MR) is 80.7 cm³/mol. The van der Waals surface area contributed by atoms with Crippen LogP contribution in [0.3, 0.4) is 0 Å². The molecular formula is C14H20N4O2S. The minimum Gasteiger partial charge on any atom is -0.369 e. The van der Waals surface area contributed by atoms with Crippen LogP contribution in [0.25, 0.3) is 0 Å². The van der Waals surface area contributed by atoms with Gasteiger partial charge in [-0.25, -0.2) is 4.98 Å². The zero-order chi connectivity index (χ0) is 15.0. The molecule has 1 saturated heterocycles. The van der Waals surface area contributed by atoms with E-state index in [1.807, 2.05) is 5.38 Å². The molecule has 1 aliphatic heterocycles. The number of hydrogen-bond donors (Lipinski definition) is 2. The molecule has 1 aromatic heterocycles. The maximum Gasteiger partial charge on any atom is 0.225 e. The molecule has 2 atom stereocenters. The van der Waals surface area contributed by atoms with E-state index in [4.69, 9.17) is 5.73 Å². The molecule has 3 rings (SSSR count). The summed E-state index contributed by atoms with van der Waals surface area (Å²) in [5.41, 5.74) is 6.27. The van der Waals surface area contributed by atoms with Gasteiger partial charge in [-0.2, -0.15) is 0 Å². The Morgan fingerprint density at radius 3 is 3.10 bits per heavy atom. The molecule has 0 bridgehead atoms. The summed E-state index contributed by atoms with van der Waals surface area (Å²) in [5, 5.41) is 5.27. The Kier molecular flexibility index (Phi) is 3.71. The molecule has 2 aliphatic rings. The second-order valence-corrected chi connectivity index (χ2v) is 6.96. The normalized spacial score (nSPS) is 28.5. The van der Waals surface area contributed by atoms with Gasteiger partial charge in [-0.3, -0.25) is 14.5 Å². The van der Waals surface area contributed by atoms with Crippen molar-refractivity contribution in [2.24, 2.45) is 17.1 Å². The first-order valence-corrected chi connectivity index (χ1v) is 8.12. The number of likely N-dealkylation sites (tertiary alicyclic amines) is 1. The van der Waals surface area contributed by atoms with Crippen LogP contribution < -0.4 is 11.1 Å². The quantitative estimate of drug-likeness (QED) is 0.874. The van der Waals surface area contributed by atoms with Crippen molar-refractivity contribution >= 4 is 28.3 Å². The number of fused-ring (bicyclic) bond motifs is 1. The lowest BCUT2D eigenvalue weighted by atomic mass is 9.80. The van der Waals surface area contributed by atoms with Gasteiger partial charge in [-0.1, -0.05) is 6.42 Å². The first-order valence-electron chi connectivity index (χ1n) is 7.24. The van der Waals surface area contributed by atoms with Gasteiger partial charge in [0.2, 0.25) is 11.8 Å². The molecule has 0 radical (unpaired) electrons. The maximum absolute atomic E-state index is 11.9. The number of anilines is 1. The van der Waals surface area contributed by atoms with Crippen LogP contribution in [0.1, 0.15) is 31.9 Å². The number of hydrogen-bond acceptors (Lipinski definition) is 5. The highest BCUT2D eigenvalue weighted by molar-refractivity contribution is 7.13. The van der Waals surface area contributed by atoms with Crippen molar-refractivity contribution in [2.75, 3.05) is 18.4 Å². The van der Waals surface area contributed by atoms with Crippen LogP contribution in [-0.4, -0.2) is 34.8 Å². The van der Waals surface area contributed by atoms with Crippen molar-refractivity contribution in [3.05, 3.63) is 11.1 Å². The molecule has 21 heavy (non-hydrogen) atoms. The average Bonchev–Trinajstić information content (AvgIpc) is 3.03. The second kappa shape index (κ2) is 5.38. The summed E-state index contributed by atoms with van der Waals surface area (Å²) in [5.74, 6) is 0.132. The predicted octanol–water partition coefficient (Wildman–Crippen LogP) is 1.19. The maximum atomic E-state index is 11.9. The van der Waals surface area contributed by atoms with E-state index in [2.05, 4.69) is 15.2 Å². The molecule has 0 spiro atoms. The van der Waals surface area contributed by atoms with E-state index < -0.39 is 0 Å². The average molecular weight is 308 g/mol. The number of nitrogens with zero attached hydrogens (tertiary/aromatic N) is 2. The van der Waals surface area contributed by atoms with Crippen molar-refractivity contribution in [2.45, 2.75) is 32.7 Å². The van der Waals surface area contributed by atoms with Gasteiger partial charge in [0, 0.05) is 31.9 Å². The number of aromatic nitrogens is 1. The van der Waals surface area contributed by atoms with E-state index in [0.29, 0.717) is 17.6 Å². The molecule has 3 N–H and O–H groups in total. The molecule has 2 heterocycles. The summed E-state index contributed by atoms with van der Waals surface area (Å²) in [6.07, 6.45) is 3.11. The van der Waals surface area contributed by atoms with Gasteiger partial charge in [0.25, 0.3) is 0 Å². The minimum atomic E-state index is -0.323. The standard InChI is InChI=1S/C14H20N4O2S/c1-9(19)16-13-17-11(7-21-13)6-18-5-10-3-2-4-14(10,8-18)12(15)20/h7,10H,2-6,8H2,1H3,(H2,15,20)(H,16,17,19)/t10-,14-/m0/s1. The third-order valence-corrected chi connectivity index (χ3v) is 5.46. The molecule has 114 valence electrons. The number of nitrogens with two attached hydrogens (primary N) is 1. The van der Waals surface area contributed by atoms with Crippen LogP contribution in [0.5, 0.6) is 0 Å². The zero-order valence-corrected chi connectivity index (χ0v) is 12.9. The molecule has 7 heteroatoms. The van der Waals surface area contributed by atoms with E-state index in [1.54, 1.807) is 0 Å². The summed E-state index contributed by atoms with van der Waals surface area (Å²) < 4.78 is 0. The fourth-order valence-electron chi connectivity index (χ4n) is 3.73. The summed E-state index contributed by atoms with van der Waals surface area (Å²) in [6, 6.07) is 0. The Balaban J connectivity index is 1.66. The van der Waals surface area contributed by atoms with Gasteiger partial charge < -0.3 is 11.1 Å². The molecule has 1 aromatic rings.